The minimum atomic E-state index is -4.47. The van der Waals surface area contributed by atoms with Gasteiger partial charge in [0.1, 0.15) is 0 Å². The van der Waals surface area contributed by atoms with Crippen molar-refractivity contribution in [1.82, 2.24) is 0 Å². The van der Waals surface area contributed by atoms with E-state index in [1.807, 2.05) is 0 Å². The molecular formula is C5H13LiO4SSi. The summed E-state index contributed by atoms with van der Waals surface area (Å²) in [6.07, 6.45) is 0. The quantitative estimate of drug-likeness (QED) is 0.296. The van der Waals surface area contributed by atoms with E-state index in [0.29, 0.717) is 6.04 Å². The van der Waals surface area contributed by atoms with Crippen LogP contribution >= 0.6 is 0 Å². The van der Waals surface area contributed by atoms with Crippen LogP contribution in [0.1, 0.15) is 0 Å². The Morgan fingerprint density at radius 3 is 2.00 bits per heavy atom. The van der Waals surface area contributed by atoms with Crippen molar-refractivity contribution in [3.05, 3.63) is 0 Å². The molecular weight excluding hydrogens is 191 g/mol. The van der Waals surface area contributed by atoms with Gasteiger partial charge in [0.15, 0.2) is 0 Å². The summed E-state index contributed by atoms with van der Waals surface area (Å²) in [6.45, 7) is 6.26. The molecule has 0 aliphatic carbocycles. The molecule has 0 aliphatic rings. The molecule has 0 aromatic carbocycles. The van der Waals surface area contributed by atoms with E-state index in [9.17, 15) is 13.0 Å². The second-order valence-electron chi connectivity index (χ2n) is 3.54. The first-order chi connectivity index (χ1) is 4.71. The van der Waals surface area contributed by atoms with Gasteiger partial charge in [-0.05, 0) is 6.04 Å². The maximum atomic E-state index is 9.95. The molecule has 0 aromatic heterocycles. The van der Waals surface area contributed by atoms with Crippen molar-refractivity contribution < 1.29 is 36.0 Å². The van der Waals surface area contributed by atoms with Gasteiger partial charge in [-0.3, -0.25) is 4.18 Å². The summed E-state index contributed by atoms with van der Waals surface area (Å²) < 4.78 is 33.9. The summed E-state index contributed by atoms with van der Waals surface area (Å²) in [5.74, 6) is 0. The van der Waals surface area contributed by atoms with Gasteiger partial charge in [0.2, 0.25) is 10.4 Å². The summed E-state index contributed by atoms with van der Waals surface area (Å²) in [5, 5.41) is 0. The Labute approximate surface area is 86.8 Å². The minimum absolute atomic E-state index is 0. The molecule has 0 radical (unpaired) electrons. The first-order valence-corrected chi connectivity index (χ1v) is 8.35. The second kappa shape index (κ2) is 5.42. The van der Waals surface area contributed by atoms with Crippen molar-refractivity contribution in [2.75, 3.05) is 6.61 Å². The Morgan fingerprint density at radius 2 is 1.75 bits per heavy atom. The van der Waals surface area contributed by atoms with E-state index in [1.54, 1.807) is 0 Å². The monoisotopic (exact) mass is 204 g/mol. The average Bonchev–Trinajstić information content (AvgIpc) is 1.55. The fourth-order valence-corrected chi connectivity index (χ4v) is 1.60. The zero-order chi connectivity index (χ0) is 9.12. The maximum Gasteiger partial charge on any atom is 1.00 e. The Balaban J connectivity index is 0. The van der Waals surface area contributed by atoms with Gasteiger partial charge in [-0.1, -0.05) is 19.6 Å². The molecule has 4 nitrogen and oxygen atoms in total. The SMILES string of the molecule is C[Si](C)(C)CCOS(=O)(=O)[O-].[Li+]. The Kier molecular flexibility index (Phi) is 6.85. The molecule has 0 N–H and O–H groups in total. The standard InChI is InChI=1S/C5H14O4SSi.Li/c1-11(2,3)5-4-9-10(6,7)8;/h4-5H2,1-3H3,(H,6,7,8);/q;+1/p-1. The van der Waals surface area contributed by atoms with Crippen molar-refractivity contribution in [2.45, 2.75) is 25.7 Å². The largest absolute Gasteiger partial charge is 1.00 e. The summed E-state index contributed by atoms with van der Waals surface area (Å²) in [6, 6.07) is 0.689. The molecule has 68 valence electrons. The van der Waals surface area contributed by atoms with Crippen LogP contribution in [0.2, 0.25) is 25.7 Å². The van der Waals surface area contributed by atoms with E-state index in [4.69, 9.17) is 0 Å². The Hall–Kier alpha value is 0.684. The predicted octanol–water partition coefficient (Wildman–Crippen LogP) is -2.19. The summed E-state index contributed by atoms with van der Waals surface area (Å²) >= 11 is 0. The molecule has 0 saturated carbocycles. The molecule has 0 rings (SSSR count). The number of hydrogen-bond donors (Lipinski definition) is 0. The van der Waals surface area contributed by atoms with Gasteiger partial charge in [0, 0.05) is 8.07 Å². The zero-order valence-corrected chi connectivity index (χ0v) is 9.77. The Morgan fingerprint density at radius 1 is 1.33 bits per heavy atom. The summed E-state index contributed by atoms with van der Waals surface area (Å²) in [4.78, 5) is 0. The van der Waals surface area contributed by atoms with Crippen LogP contribution in [0.4, 0.5) is 0 Å². The molecule has 0 bridgehead atoms. The van der Waals surface area contributed by atoms with Crippen molar-refractivity contribution >= 4 is 18.5 Å². The fourth-order valence-electron chi connectivity index (χ4n) is 0.450. The molecule has 0 spiro atoms. The topological polar surface area (TPSA) is 66.4 Å². The van der Waals surface area contributed by atoms with Crippen molar-refractivity contribution in [3.63, 3.8) is 0 Å². The third-order valence-electron chi connectivity index (χ3n) is 1.08. The molecule has 0 unspecified atom stereocenters. The molecule has 7 heteroatoms. The molecule has 0 aliphatic heterocycles. The fraction of sp³-hybridized carbons (Fsp3) is 1.00. The van der Waals surface area contributed by atoms with Gasteiger partial charge in [-0.15, -0.1) is 0 Å². The van der Waals surface area contributed by atoms with Crippen molar-refractivity contribution in [1.29, 1.82) is 0 Å². The number of hydrogen-bond acceptors (Lipinski definition) is 4. The van der Waals surface area contributed by atoms with E-state index in [0.717, 1.165) is 0 Å². The molecule has 12 heavy (non-hydrogen) atoms. The molecule has 0 amide bonds. The van der Waals surface area contributed by atoms with E-state index in [2.05, 4.69) is 23.8 Å². The zero-order valence-electron chi connectivity index (χ0n) is 7.96. The van der Waals surface area contributed by atoms with Gasteiger partial charge in [-0.2, -0.15) is 0 Å². The minimum Gasteiger partial charge on any atom is -0.726 e. The average molecular weight is 204 g/mol. The first-order valence-electron chi connectivity index (χ1n) is 3.31. The number of rotatable bonds is 4. The van der Waals surface area contributed by atoms with E-state index in [1.165, 1.54) is 0 Å². The van der Waals surface area contributed by atoms with Crippen LogP contribution in [0, 0.1) is 0 Å². The van der Waals surface area contributed by atoms with E-state index < -0.39 is 18.5 Å². The molecule has 0 aromatic rings. The van der Waals surface area contributed by atoms with Gasteiger partial charge in [0.25, 0.3) is 0 Å². The van der Waals surface area contributed by atoms with E-state index >= 15 is 0 Å². The maximum absolute atomic E-state index is 9.95. The molecule has 0 atom stereocenters. The van der Waals surface area contributed by atoms with Crippen LogP contribution in [-0.2, 0) is 14.6 Å². The third-order valence-corrected chi connectivity index (χ3v) is 3.24. The normalized spacial score (nSPS) is 12.3. The molecule has 0 fully saturated rings. The van der Waals surface area contributed by atoms with Crippen molar-refractivity contribution in [3.8, 4) is 0 Å². The smallest absolute Gasteiger partial charge is 0.726 e. The Bertz CT molecular complexity index is 208. The van der Waals surface area contributed by atoms with Crippen LogP contribution < -0.4 is 18.9 Å². The molecule has 0 saturated heterocycles. The molecule has 0 heterocycles. The van der Waals surface area contributed by atoms with Crippen LogP contribution in [0.15, 0.2) is 0 Å². The summed E-state index contributed by atoms with van der Waals surface area (Å²) in [7, 11) is -5.76. The van der Waals surface area contributed by atoms with Gasteiger partial charge in [-0.25, -0.2) is 8.42 Å². The van der Waals surface area contributed by atoms with Crippen LogP contribution in [-0.4, -0.2) is 27.7 Å². The van der Waals surface area contributed by atoms with Crippen molar-refractivity contribution in [2.24, 2.45) is 0 Å². The second-order valence-corrected chi connectivity index (χ2v) is 10.2. The van der Waals surface area contributed by atoms with Crippen LogP contribution in [0.5, 0.6) is 0 Å². The van der Waals surface area contributed by atoms with Gasteiger partial charge >= 0.3 is 18.9 Å². The first kappa shape index (κ1) is 15.2. The summed E-state index contributed by atoms with van der Waals surface area (Å²) in [5.41, 5.74) is 0. The predicted molar refractivity (Wildman–Crippen MR) is 43.8 cm³/mol. The van der Waals surface area contributed by atoms with Gasteiger partial charge in [0.05, 0.1) is 6.61 Å². The van der Waals surface area contributed by atoms with Gasteiger partial charge < -0.3 is 4.55 Å². The van der Waals surface area contributed by atoms with E-state index in [-0.39, 0.29) is 25.5 Å². The third kappa shape index (κ3) is 13.3. The van der Waals surface area contributed by atoms with Crippen LogP contribution in [0.25, 0.3) is 0 Å². The van der Waals surface area contributed by atoms with Crippen LogP contribution in [0.3, 0.4) is 0 Å².